The third-order valence-corrected chi connectivity index (χ3v) is 3.31. The van der Waals surface area contributed by atoms with E-state index in [2.05, 4.69) is 42.4 Å². The Kier molecular flexibility index (Phi) is 3.11. The molecular formula is C17H17N3. The molecule has 0 saturated carbocycles. The Morgan fingerprint density at radius 1 is 0.900 bits per heavy atom. The molecule has 100 valence electrons. The van der Waals surface area contributed by atoms with Gasteiger partial charge in [-0.25, -0.2) is 9.67 Å². The van der Waals surface area contributed by atoms with E-state index in [1.165, 1.54) is 5.56 Å². The first kappa shape index (κ1) is 12.6. The van der Waals surface area contributed by atoms with Gasteiger partial charge in [-0.15, -0.1) is 0 Å². The maximum atomic E-state index is 4.72. The SMILES string of the molecule is Cc1ccc(-c2cccc(-n3nc(C)cc3C)n2)cc1. The van der Waals surface area contributed by atoms with Gasteiger partial charge in [0.15, 0.2) is 5.82 Å². The normalized spacial score (nSPS) is 10.8. The van der Waals surface area contributed by atoms with Crippen LogP contribution in [0.4, 0.5) is 0 Å². The molecule has 3 rings (SSSR count). The average Bonchev–Trinajstić information content (AvgIpc) is 2.79. The zero-order chi connectivity index (χ0) is 14.1. The number of nitrogens with zero attached hydrogens (tertiary/aromatic N) is 3. The quantitative estimate of drug-likeness (QED) is 0.703. The van der Waals surface area contributed by atoms with E-state index >= 15 is 0 Å². The van der Waals surface area contributed by atoms with Crippen LogP contribution in [0.3, 0.4) is 0 Å². The van der Waals surface area contributed by atoms with Crippen LogP contribution in [0.15, 0.2) is 48.5 Å². The van der Waals surface area contributed by atoms with Gasteiger partial charge in [0.1, 0.15) is 0 Å². The number of aromatic nitrogens is 3. The Morgan fingerprint density at radius 2 is 1.65 bits per heavy atom. The number of rotatable bonds is 2. The summed E-state index contributed by atoms with van der Waals surface area (Å²) in [5.41, 5.74) is 5.44. The average molecular weight is 263 g/mol. The summed E-state index contributed by atoms with van der Waals surface area (Å²) in [6, 6.07) is 16.5. The van der Waals surface area contributed by atoms with E-state index in [0.717, 1.165) is 28.5 Å². The first-order chi connectivity index (χ1) is 9.63. The van der Waals surface area contributed by atoms with E-state index in [9.17, 15) is 0 Å². The Bertz CT molecular complexity index is 739. The molecule has 1 aromatic carbocycles. The molecule has 3 nitrogen and oxygen atoms in total. The Hall–Kier alpha value is -2.42. The molecule has 0 spiro atoms. The van der Waals surface area contributed by atoms with Crippen molar-refractivity contribution >= 4 is 0 Å². The van der Waals surface area contributed by atoms with Gasteiger partial charge in [0, 0.05) is 11.3 Å². The summed E-state index contributed by atoms with van der Waals surface area (Å²) in [4.78, 5) is 4.72. The molecule has 0 aliphatic carbocycles. The van der Waals surface area contributed by atoms with Crippen LogP contribution in [-0.4, -0.2) is 14.8 Å². The van der Waals surface area contributed by atoms with Gasteiger partial charge in [0.25, 0.3) is 0 Å². The van der Waals surface area contributed by atoms with Crippen LogP contribution in [-0.2, 0) is 0 Å². The van der Waals surface area contributed by atoms with Gasteiger partial charge in [0.05, 0.1) is 11.4 Å². The minimum absolute atomic E-state index is 0.855. The molecule has 2 heterocycles. The molecule has 0 unspecified atom stereocenters. The van der Waals surface area contributed by atoms with Crippen LogP contribution in [0.2, 0.25) is 0 Å². The van der Waals surface area contributed by atoms with Gasteiger partial charge < -0.3 is 0 Å². The van der Waals surface area contributed by atoms with Crippen molar-refractivity contribution < 1.29 is 0 Å². The van der Waals surface area contributed by atoms with Crippen molar-refractivity contribution in [2.24, 2.45) is 0 Å². The molecule has 0 bridgehead atoms. The molecule has 0 saturated heterocycles. The zero-order valence-electron chi connectivity index (χ0n) is 12.0. The molecule has 20 heavy (non-hydrogen) atoms. The fourth-order valence-corrected chi connectivity index (χ4v) is 2.29. The summed E-state index contributed by atoms with van der Waals surface area (Å²) < 4.78 is 1.88. The molecule has 3 aromatic rings. The number of pyridine rings is 1. The largest absolute Gasteiger partial charge is 0.229 e. The molecule has 0 radical (unpaired) electrons. The first-order valence-electron chi connectivity index (χ1n) is 6.71. The maximum absolute atomic E-state index is 4.72. The lowest BCUT2D eigenvalue weighted by molar-refractivity contribution is 0.807. The van der Waals surface area contributed by atoms with Crippen molar-refractivity contribution in [2.75, 3.05) is 0 Å². The van der Waals surface area contributed by atoms with Gasteiger partial charge in [-0.1, -0.05) is 35.9 Å². The fourth-order valence-electron chi connectivity index (χ4n) is 2.29. The lowest BCUT2D eigenvalue weighted by Crippen LogP contribution is -2.02. The standard InChI is InChI=1S/C17H17N3/c1-12-7-9-15(10-8-12)16-5-4-6-17(18-16)20-14(3)11-13(2)19-20/h4-11H,1-3H3. The number of hydrogen-bond donors (Lipinski definition) is 0. The van der Waals surface area contributed by atoms with Crippen LogP contribution in [0.1, 0.15) is 17.0 Å². The van der Waals surface area contributed by atoms with Crippen molar-refractivity contribution in [3.8, 4) is 17.1 Å². The molecule has 0 aliphatic heterocycles. The van der Waals surface area contributed by atoms with E-state index in [0.29, 0.717) is 0 Å². The van der Waals surface area contributed by atoms with Crippen LogP contribution in [0, 0.1) is 20.8 Å². The van der Waals surface area contributed by atoms with Crippen molar-refractivity contribution in [2.45, 2.75) is 20.8 Å². The van der Waals surface area contributed by atoms with Gasteiger partial charge in [0.2, 0.25) is 0 Å². The molecule has 0 fully saturated rings. The van der Waals surface area contributed by atoms with Crippen LogP contribution in [0.5, 0.6) is 0 Å². The summed E-state index contributed by atoms with van der Waals surface area (Å²) >= 11 is 0. The van der Waals surface area contributed by atoms with Crippen LogP contribution >= 0.6 is 0 Å². The second-order valence-corrected chi connectivity index (χ2v) is 5.09. The number of aryl methyl sites for hydroxylation is 3. The third kappa shape index (κ3) is 2.35. The predicted octanol–water partition coefficient (Wildman–Crippen LogP) is 3.86. The number of hydrogen-bond acceptors (Lipinski definition) is 2. The predicted molar refractivity (Wildman–Crippen MR) is 81.0 cm³/mol. The molecule has 0 atom stereocenters. The second kappa shape index (κ2) is 4.93. The van der Waals surface area contributed by atoms with E-state index in [4.69, 9.17) is 4.98 Å². The number of benzene rings is 1. The van der Waals surface area contributed by atoms with Crippen molar-refractivity contribution in [1.82, 2.24) is 14.8 Å². The topological polar surface area (TPSA) is 30.7 Å². The second-order valence-electron chi connectivity index (χ2n) is 5.09. The first-order valence-corrected chi connectivity index (χ1v) is 6.71. The molecule has 0 aliphatic rings. The van der Waals surface area contributed by atoms with E-state index < -0.39 is 0 Å². The van der Waals surface area contributed by atoms with Crippen molar-refractivity contribution in [3.05, 3.63) is 65.5 Å². The molecule has 2 aromatic heterocycles. The van der Waals surface area contributed by atoms with Gasteiger partial charge >= 0.3 is 0 Å². The summed E-state index contributed by atoms with van der Waals surface area (Å²) in [6.07, 6.45) is 0. The third-order valence-electron chi connectivity index (χ3n) is 3.31. The van der Waals surface area contributed by atoms with Crippen LogP contribution in [0.25, 0.3) is 17.1 Å². The highest BCUT2D eigenvalue weighted by molar-refractivity contribution is 5.60. The van der Waals surface area contributed by atoms with Gasteiger partial charge in [-0.3, -0.25) is 0 Å². The monoisotopic (exact) mass is 263 g/mol. The highest BCUT2D eigenvalue weighted by atomic mass is 15.3. The van der Waals surface area contributed by atoms with Gasteiger partial charge in [-0.05, 0) is 39.0 Å². The lowest BCUT2D eigenvalue weighted by atomic mass is 10.1. The summed E-state index contributed by atoms with van der Waals surface area (Å²) in [5.74, 6) is 0.855. The fraction of sp³-hybridized carbons (Fsp3) is 0.176. The molecule has 3 heteroatoms. The molecular weight excluding hydrogens is 246 g/mol. The Labute approximate surface area is 118 Å². The Morgan fingerprint density at radius 3 is 2.30 bits per heavy atom. The minimum Gasteiger partial charge on any atom is -0.229 e. The lowest BCUT2D eigenvalue weighted by Gasteiger charge is -2.06. The van der Waals surface area contributed by atoms with Crippen LogP contribution < -0.4 is 0 Å². The zero-order valence-corrected chi connectivity index (χ0v) is 12.0. The van der Waals surface area contributed by atoms with E-state index in [1.807, 2.05) is 36.7 Å². The highest BCUT2D eigenvalue weighted by Crippen LogP contribution is 2.19. The van der Waals surface area contributed by atoms with E-state index in [-0.39, 0.29) is 0 Å². The van der Waals surface area contributed by atoms with Crippen molar-refractivity contribution in [3.63, 3.8) is 0 Å². The minimum atomic E-state index is 0.855. The summed E-state index contributed by atoms with van der Waals surface area (Å²) in [6.45, 7) is 6.12. The Balaban J connectivity index is 2.06. The maximum Gasteiger partial charge on any atom is 0.154 e. The summed E-state index contributed by atoms with van der Waals surface area (Å²) in [7, 11) is 0. The smallest absolute Gasteiger partial charge is 0.154 e. The van der Waals surface area contributed by atoms with E-state index in [1.54, 1.807) is 0 Å². The highest BCUT2D eigenvalue weighted by Gasteiger charge is 2.06. The molecule has 0 amide bonds. The van der Waals surface area contributed by atoms with Gasteiger partial charge in [-0.2, -0.15) is 5.10 Å². The molecule has 0 N–H and O–H groups in total. The summed E-state index contributed by atoms with van der Waals surface area (Å²) in [5, 5.41) is 4.48. The van der Waals surface area contributed by atoms with Crippen molar-refractivity contribution in [1.29, 1.82) is 0 Å².